The first-order valence-corrected chi connectivity index (χ1v) is 13.5. The Hall–Kier alpha value is -3.58. The summed E-state index contributed by atoms with van der Waals surface area (Å²) in [5.74, 6) is 3.49. The van der Waals surface area contributed by atoms with Gasteiger partial charge in [0.15, 0.2) is 5.82 Å². The second-order valence-electron chi connectivity index (χ2n) is 11.1. The first-order valence-electron chi connectivity index (χ1n) is 13.5. The predicted octanol–water partition coefficient (Wildman–Crippen LogP) is 6.15. The van der Waals surface area contributed by atoms with Crippen LogP contribution < -0.4 is 16.0 Å². The quantitative estimate of drug-likeness (QED) is 0.285. The largest absolute Gasteiger partial charge is 0.369 e. The number of benzene rings is 1. The van der Waals surface area contributed by atoms with Gasteiger partial charge in [0.25, 0.3) is 0 Å². The van der Waals surface area contributed by atoms with Gasteiger partial charge in [-0.2, -0.15) is 0 Å². The summed E-state index contributed by atoms with van der Waals surface area (Å²) in [6.07, 6.45) is 10.6. The van der Waals surface area contributed by atoms with Crippen LogP contribution in [-0.4, -0.2) is 39.6 Å². The Kier molecular flexibility index (Phi) is 6.47. The lowest BCUT2D eigenvalue weighted by molar-refractivity contribution is 0.166. The maximum atomic E-state index is 5.13. The van der Waals surface area contributed by atoms with Gasteiger partial charge in [0.2, 0.25) is 0 Å². The van der Waals surface area contributed by atoms with E-state index in [0.717, 1.165) is 59.8 Å². The number of pyridine rings is 2. The molecule has 1 saturated carbocycles. The SMILES string of the molecule is CC1(C)CNCCC1CNc1nc(-c2ccnc(Nc3ccccc3)c2)nc2cncc(C3CCC3)c12. The van der Waals surface area contributed by atoms with Crippen molar-refractivity contribution >= 4 is 28.2 Å². The second kappa shape index (κ2) is 10.1. The van der Waals surface area contributed by atoms with Crippen molar-refractivity contribution in [3.8, 4) is 11.4 Å². The molecule has 1 unspecified atom stereocenters. The van der Waals surface area contributed by atoms with Crippen LogP contribution >= 0.6 is 0 Å². The smallest absolute Gasteiger partial charge is 0.162 e. The maximum absolute atomic E-state index is 5.13. The molecule has 6 rings (SSSR count). The first-order chi connectivity index (χ1) is 18.1. The van der Waals surface area contributed by atoms with Crippen LogP contribution in [0.15, 0.2) is 61.1 Å². The Morgan fingerprint density at radius 3 is 2.68 bits per heavy atom. The molecular formula is C30H35N7. The van der Waals surface area contributed by atoms with E-state index in [4.69, 9.17) is 9.97 Å². The number of rotatable bonds is 7. The van der Waals surface area contributed by atoms with Crippen molar-refractivity contribution in [1.29, 1.82) is 0 Å². The second-order valence-corrected chi connectivity index (χ2v) is 11.1. The Balaban J connectivity index is 1.38. The molecule has 1 aliphatic heterocycles. The molecule has 3 aromatic heterocycles. The number of hydrogen-bond acceptors (Lipinski definition) is 7. The van der Waals surface area contributed by atoms with Crippen LogP contribution in [0, 0.1) is 11.3 Å². The molecule has 37 heavy (non-hydrogen) atoms. The average Bonchev–Trinajstić information content (AvgIpc) is 2.87. The van der Waals surface area contributed by atoms with Crippen LogP contribution in [0.4, 0.5) is 17.3 Å². The van der Waals surface area contributed by atoms with Crippen molar-refractivity contribution in [1.82, 2.24) is 25.3 Å². The summed E-state index contributed by atoms with van der Waals surface area (Å²) in [5, 5.41) is 11.8. The van der Waals surface area contributed by atoms with Crippen molar-refractivity contribution in [3.05, 3.63) is 66.6 Å². The van der Waals surface area contributed by atoms with Gasteiger partial charge in [0.1, 0.15) is 11.6 Å². The zero-order valence-corrected chi connectivity index (χ0v) is 21.7. The van der Waals surface area contributed by atoms with Gasteiger partial charge in [0.05, 0.1) is 11.7 Å². The summed E-state index contributed by atoms with van der Waals surface area (Å²) in [7, 11) is 0. The van der Waals surface area contributed by atoms with Gasteiger partial charge >= 0.3 is 0 Å². The van der Waals surface area contributed by atoms with Crippen molar-refractivity contribution in [3.63, 3.8) is 0 Å². The molecular weight excluding hydrogens is 458 g/mol. The molecule has 0 amide bonds. The molecule has 2 aliphatic rings. The van der Waals surface area contributed by atoms with E-state index in [-0.39, 0.29) is 5.41 Å². The van der Waals surface area contributed by atoms with Crippen molar-refractivity contribution in [2.45, 2.75) is 45.4 Å². The van der Waals surface area contributed by atoms with Gasteiger partial charge in [-0.1, -0.05) is 38.5 Å². The lowest BCUT2D eigenvalue weighted by Crippen LogP contribution is -2.45. The van der Waals surface area contributed by atoms with Crippen LogP contribution in [0.5, 0.6) is 0 Å². The van der Waals surface area contributed by atoms with Crippen molar-refractivity contribution < 1.29 is 0 Å². The molecule has 4 aromatic rings. The average molecular weight is 494 g/mol. The lowest BCUT2D eigenvalue weighted by Gasteiger charge is -2.39. The van der Waals surface area contributed by atoms with Gasteiger partial charge in [-0.3, -0.25) is 4.98 Å². The number of fused-ring (bicyclic) bond motifs is 1. The summed E-state index contributed by atoms with van der Waals surface area (Å²) in [5.41, 5.74) is 4.33. The molecule has 0 bridgehead atoms. The van der Waals surface area contributed by atoms with Gasteiger partial charge < -0.3 is 16.0 Å². The van der Waals surface area contributed by atoms with Gasteiger partial charge in [0, 0.05) is 42.1 Å². The minimum absolute atomic E-state index is 0.235. The van der Waals surface area contributed by atoms with Crippen LogP contribution in [-0.2, 0) is 0 Å². The maximum Gasteiger partial charge on any atom is 0.162 e. The first kappa shape index (κ1) is 23.8. The van der Waals surface area contributed by atoms with E-state index in [1.807, 2.05) is 61.1 Å². The highest BCUT2D eigenvalue weighted by molar-refractivity contribution is 5.93. The Labute approximate surface area is 218 Å². The van der Waals surface area contributed by atoms with E-state index >= 15 is 0 Å². The number of anilines is 3. The number of nitrogens with zero attached hydrogens (tertiary/aromatic N) is 4. The topological polar surface area (TPSA) is 87.7 Å². The molecule has 1 aromatic carbocycles. The summed E-state index contributed by atoms with van der Waals surface area (Å²) in [6.45, 7) is 7.72. The summed E-state index contributed by atoms with van der Waals surface area (Å²) < 4.78 is 0. The molecule has 190 valence electrons. The zero-order valence-electron chi connectivity index (χ0n) is 21.7. The summed E-state index contributed by atoms with van der Waals surface area (Å²) in [4.78, 5) is 19.2. The monoisotopic (exact) mass is 493 g/mol. The normalized spacial score (nSPS) is 19.4. The van der Waals surface area contributed by atoms with Gasteiger partial charge in [-0.25, -0.2) is 15.0 Å². The Morgan fingerprint density at radius 2 is 1.89 bits per heavy atom. The van der Waals surface area contributed by atoms with Crippen LogP contribution in [0.3, 0.4) is 0 Å². The standard InChI is InChI=1S/C30H35N7/c1-30(2)19-31-13-12-22(30)16-34-29-27-24(20-7-6-8-20)17-32-18-25(27)36-28(37-29)21-11-14-33-26(15-21)35-23-9-4-3-5-10-23/h3-5,9-11,14-15,17-18,20,22,31H,6-8,12-13,16,19H2,1-2H3,(H,33,35)(H,34,36,37). The molecule has 1 atom stereocenters. The lowest BCUT2D eigenvalue weighted by atomic mass is 9.74. The molecule has 3 N–H and O–H groups in total. The fourth-order valence-corrected chi connectivity index (χ4v) is 5.52. The predicted molar refractivity (Wildman–Crippen MR) is 150 cm³/mol. The number of para-hydroxylation sites is 1. The summed E-state index contributed by atoms with van der Waals surface area (Å²) in [6, 6.07) is 14.1. The molecule has 0 spiro atoms. The fraction of sp³-hybridized carbons (Fsp3) is 0.400. The number of aromatic nitrogens is 4. The number of nitrogens with one attached hydrogen (secondary N) is 3. The highest BCUT2D eigenvalue weighted by Crippen LogP contribution is 2.41. The highest BCUT2D eigenvalue weighted by atomic mass is 15.0. The zero-order chi connectivity index (χ0) is 25.2. The number of piperidine rings is 1. The molecule has 0 radical (unpaired) electrons. The van der Waals surface area contributed by atoms with E-state index in [1.165, 1.54) is 24.8 Å². The third-order valence-corrected chi connectivity index (χ3v) is 8.12. The van der Waals surface area contributed by atoms with Crippen LogP contribution in [0.2, 0.25) is 0 Å². The van der Waals surface area contributed by atoms with Crippen LogP contribution in [0.1, 0.15) is 51.0 Å². The van der Waals surface area contributed by atoms with E-state index in [1.54, 1.807) is 0 Å². The third-order valence-electron chi connectivity index (χ3n) is 8.12. The van der Waals surface area contributed by atoms with E-state index in [0.29, 0.717) is 17.7 Å². The highest BCUT2D eigenvalue weighted by Gasteiger charge is 2.32. The Morgan fingerprint density at radius 1 is 1.03 bits per heavy atom. The van der Waals surface area contributed by atoms with E-state index in [9.17, 15) is 0 Å². The van der Waals surface area contributed by atoms with Crippen molar-refractivity contribution in [2.75, 3.05) is 30.3 Å². The molecule has 4 heterocycles. The molecule has 1 saturated heterocycles. The third kappa shape index (κ3) is 5.01. The molecule has 7 heteroatoms. The fourth-order valence-electron chi connectivity index (χ4n) is 5.52. The van der Waals surface area contributed by atoms with E-state index in [2.05, 4.69) is 39.8 Å². The molecule has 7 nitrogen and oxygen atoms in total. The molecule has 2 fully saturated rings. The Bertz CT molecular complexity index is 1380. The number of hydrogen-bond donors (Lipinski definition) is 3. The summed E-state index contributed by atoms with van der Waals surface area (Å²) >= 11 is 0. The van der Waals surface area contributed by atoms with Gasteiger partial charge in [-0.05, 0) is 72.9 Å². The minimum Gasteiger partial charge on any atom is -0.369 e. The van der Waals surface area contributed by atoms with Crippen LogP contribution in [0.25, 0.3) is 22.3 Å². The minimum atomic E-state index is 0.235. The van der Waals surface area contributed by atoms with E-state index < -0.39 is 0 Å². The van der Waals surface area contributed by atoms with Crippen molar-refractivity contribution in [2.24, 2.45) is 11.3 Å². The van der Waals surface area contributed by atoms with Gasteiger partial charge in [-0.15, -0.1) is 0 Å². The molecule has 1 aliphatic carbocycles.